The Kier molecular flexibility index (Phi) is 4.37. The molecule has 1 aromatic carbocycles. The highest BCUT2D eigenvalue weighted by molar-refractivity contribution is 6.06. The lowest BCUT2D eigenvalue weighted by Gasteiger charge is -2.04. The van der Waals surface area contributed by atoms with Gasteiger partial charge in [0, 0.05) is 11.3 Å². The Morgan fingerprint density at radius 1 is 1.29 bits per heavy atom. The molecule has 1 heterocycles. The summed E-state index contributed by atoms with van der Waals surface area (Å²) in [5, 5.41) is 9.45. The summed E-state index contributed by atoms with van der Waals surface area (Å²) < 4.78 is 0. The van der Waals surface area contributed by atoms with Gasteiger partial charge in [0.05, 0.1) is 11.4 Å². The Bertz CT molecular complexity index is 659. The fourth-order valence-corrected chi connectivity index (χ4v) is 1.98. The number of Topliss-reactive ketones (excluding diaryl/α,β-unsaturated/α-hetero) is 1. The van der Waals surface area contributed by atoms with E-state index >= 15 is 0 Å². The van der Waals surface area contributed by atoms with Crippen LogP contribution in [0.2, 0.25) is 0 Å². The Balaban J connectivity index is 2.12. The first kappa shape index (κ1) is 14.8. The molecule has 0 spiro atoms. The maximum Gasteiger partial charge on any atom is 0.278 e. The number of nitrogens with one attached hydrogen (secondary N) is 2. The zero-order valence-electron chi connectivity index (χ0n) is 12.1. The third-order valence-corrected chi connectivity index (χ3v) is 3.15. The SMILES string of the molecule is CCCc1[nH]nc(C(=O)Nc2ccc(C(C)=O)cc2)c1N. The highest BCUT2D eigenvalue weighted by Gasteiger charge is 2.16. The van der Waals surface area contributed by atoms with E-state index < -0.39 is 0 Å². The molecule has 0 bridgehead atoms. The fraction of sp³-hybridized carbons (Fsp3) is 0.267. The van der Waals surface area contributed by atoms with Crippen molar-refractivity contribution in [1.29, 1.82) is 0 Å². The number of amides is 1. The zero-order valence-corrected chi connectivity index (χ0v) is 12.1. The molecule has 0 atom stereocenters. The molecule has 110 valence electrons. The van der Waals surface area contributed by atoms with Gasteiger partial charge in [0.25, 0.3) is 5.91 Å². The minimum absolute atomic E-state index is 0.0198. The number of nitrogen functional groups attached to an aromatic ring is 1. The number of benzene rings is 1. The van der Waals surface area contributed by atoms with Crippen molar-refractivity contribution in [2.24, 2.45) is 0 Å². The summed E-state index contributed by atoms with van der Waals surface area (Å²) in [6, 6.07) is 6.66. The highest BCUT2D eigenvalue weighted by atomic mass is 16.2. The number of carbonyl (C=O) groups is 2. The van der Waals surface area contributed by atoms with Crippen molar-refractivity contribution in [2.45, 2.75) is 26.7 Å². The van der Waals surface area contributed by atoms with Gasteiger partial charge in [0.15, 0.2) is 11.5 Å². The van der Waals surface area contributed by atoms with E-state index in [9.17, 15) is 9.59 Å². The van der Waals surface area contributed by atoms with Gasteiger partial charge in [0.1, 0.15) is 0 Å². The minimum atomic E-state index is -0.373. The van der Waals surface area contributed by atoms with Crippen molar-refractivity contribution in [3.05, 3.63) is 41.2 Å². The second-order valence-electron chi connectivity index (χ2n) is 4.80. The summed E-state index contributed by atoms with van der Waals surface area (Å²) in [4.78, 5) is 23.3. The highest BCUT2D eigenvalue weighted by Crippen LogP contribution is 2.18. The average Bonchev–Trinajstić information content (AvgIpc) is 2.81. The molecule has 2 rings (SSSR count). The van der Waals surface area contributed by atoms with Crippen LogP contribution in [0.15, 0.2) is 24.3 Å². The van der Waals surface area contributed by atoms with Gasteiger partial charge in [-0.05, 0) is 37.6 Å². The first-order valence-corrected chi connectivity index (χ1v) is 6.78. The van der Waals surface area contributed by atoms with Gasteiger partial charge >= 0.3 is 0 Å². The molecule has 6 heteroatoms. The molecule has 1 amide bonds. The summed E-state index contributed by atoms with van der Waals surface area (Å²) in [5.41, 5.74) is 8.44. The summed E-state index contributed by atoms with van der Waals surface area (Å²) in [7, 11) is 0. The molecule has 21 heavy (non-hydrogen) atoms. The number of hydrogen-bond acceptors (Lipinski definition) is 4. The number of nitrogens with two attached hydrogens (primary N) is 1. The molecule has 0 fully saturated rings. The minimum Gasteiger partial charge on any atom is -0.395 e. The molecule has 0 aliphatic rings. The van der Waals surface area contributed by atoms with E-state index in [4.69, 9.17) is 5.73 Å². The number of ketones is 1. The van der Waals surface area contributed by atoms with Crippen molar-refractivity contribution in [1.82, 2.24) is 10.2 Å². The van der Waals surface area contributed by atoms with Gasteiger partial charge in [-0.25, -0.2) is 0 Å². The quantitative estimate of drug-likeness (QED) is 0.734. The molecule has 0 saturated heterocycles. The van der Waals surface area contributed by atoms with Gasteiger partial charge < -0.3 is 11.1 Å². The molecule has 1 aromatic heterocycles. The van der Waals surface area contributed by atoms with Crippen molar-refractivity contribution in [3.63, 3.8) is 0 Å². The second kappa shape index (κ2) is 6.21. The molecule has 0 aliphatic carbocycles. The van der Waals surface area contributed by atoms with E-state index in [0.717, 1.165) is 18.5 Å². The molecule has 0 saturated carbocycles. The number of anilines is 2. The lowest BCUT2D eigenvalue weighted by molar-refractivity contribution is 0.101. The van der Waals surface area contributed by atoms with E-state index in [2.05, 4.69) is 15.5 Å². The molecule has 0 aliphatic heterocycles. The summed E-state index contributed by atoms with van der Waals surface area (Å²) in [6.07, 6.45) is 1.67. The number of rotatable bonds is 5. The van der Waals surface area contributed by atoms with Crippen LogP contribution in [0.4, 0.5) is 11.4 Å². The van der Waals surface area contributed by atoms with Crippen molar-refractivity contribution < 1.29 is 9.59 Å². The maximum absolute atomic E-state index is 12.1. The van der Waals surface area contributed by atoms with E-state index in [-0.39, 0.29) is 17.4 Å². The predicted molar refractivity (Wildman–Crippen MR) is 81.4 cm³/mol. The second-order valence-corrected chi connectivity index (χ2v) is 4.80. The molecule has 2 aromatic rings. The van der Waals surface area contributed by atoms with Crippen LogP contribution in [0.25, 0.3) is 0 Å². The summed E-state index contributed by atoms with van der Waals surface area (Å²) in [5.74, 6) is -0.393. The third kappa shape index (κ3) is 3.28. The largest absolute Gasteiger partial charge is 0.395 e. The van der Waals surface area contributed by atoms with Crippen LogP contribution in [0, 0.1) is 0 Å². The lowest BCUT2D eigenvalue weighted by atomic mass is 10.1. The molecule has 0 unspecified atom stereocenters. The van der Waals surface area contributed by atoms with Crippen LogP contribution >= 0.6 is 0 Å². The number of H-pyrrole nitrogens is 1. The summed E-state index contributed by atoms with van der Waals surface area (Å²) in [6.45, 7) is 3.52. The van der Waals surface area contributed by atoms with Crippen LogP contribution in [0.3, 0.4) is 0 Å². The molecule has 0 radical (unpaired) electrons. The van der Waals surface area contributed by atoms with Crippen LogP contribution in [-0.4, -0.2) is 21.9 Å². The van der Waals surface area contributed by atoms with Crippen LogP contribution in [-0.2, 0) is 6.42 Å². The third-order valence-electron chi connectivity index (χ3n) is 3.15. The van der Waals surface area contributed by atoms with Gasteiger partial charge in [-0.1, -0.05) is 13.3 Å². The Morgan fingerprint density at radius 2 is 1.95 bits per heavy atom. The first-order chi connectivity index (χ1) is 10.0. The molecular formula is C15H18N4O2. The maximum atomic E-state index is 12.1. The predicted octanol–water partition coefficient (Wildman–Crippen LogP) is 2.40. The first-order valence-electron chi connectivity index (χ1n) is 6.78. The van der Waals surface area contributed by atoms with Crippen molar-refractivity contribution in [2.75, 3.05) is 11.1 Å². The topological polar surface area (TPSA) is 101 Å². The Morgan fingerprint density at radius 3 is 2.52 bits per heavy atom. The summed E-state index contributed by atoms with van der Waals surface area (Å²) >= 11 is 0. The van der Waals surface area contributed by atoms with Crippen LogP contribution in [0.1, 0.15) is 46.8 Å². The van der Waals surface area contributed by atoms with Gasteiger partial charge in [-0.2, -0.15) is 5.10 Å². The van der Waals surface area contributed by atoms with E-state index in [1.165, 1.54) is 6.92 Å². The van der Waals surface area contributed by atoms with E-state index in [0.29, 0.717) is 16.9 Å². The molecular weight excluding hydrogens is 268 g/mol. The number of aryl methyl sites for hydroxylation is 1. The van der Waals surface area contributed by atoms with Gasteiger partial charge in [-0.15, -0.1) is 0 Å². The number of carbonyl (C=O) groups excluding carboxylic acids is 2. The normalized spacial score (nSPS) is 10.4. The van der Waals surface area contributed by atoms with Crippen molar-refractivity contribution in [3.8, 4) is 0 Å². The Hall–Kier alpha value is -2.63. The molecule has 4 N–H and O–H groups in total. The van der Waals surface area contributed by atoms with Crippen LogP contribution in [0.5, 0.6) is 0 Å². The van der Waals surface area contributed by atoms with Crippen LogP contribution < -0.4 is 11.1 Å². The number of nitrogens with zero attached hydrogens (tertiary/aromatic N) is 1. The zero-order chi connectivity index (χ0) is 15.4. The standard InChI is InChI=1S/C15H18N4O2/c1-3-4-12-13(16)14(19-18-12)15(21)17-11-7-5-10(6-8-11)9(2)20/h5-8H,3-4,16H2,1-2H3,(H,17,21)(H,18,19). The lowest BCUT2D eigenvalue weighted by Crippen LogP contribution is -2.14. The number of aromatic amines is 1. The average molecular weight is 286 g/mol. The van der Waals surface area contributed by atoms with Crippen molar-refractivity contribution >= 4 is 23.1 Å². The Labute approximate surface area is 122 Å². The van der Waals surface area contributed by atoms with Gasteiger partial charge in [-0.3, -0.25) is 14.7 Å². The molecule has 6 nitrogen and oxygen atoms in total. The monoisotopic (exact) mass is 286 g/mol. The van der Waals surface area contributed by atoms with Gasteiger partial charge in [0.2, 0.25) is 0 Å². The smallest absolute Gasteiger partial charge is 0.278 e. The van der Waals surface area contributed by atoms with E-state index in [1.807, 2.05) is 6.92 Å². The van der Waals surface area contributed by atoms with E-state index in [1.54, 1.807) is 24.3 Å². The number of aromatic nitrogens is 2. The fourth-order valence-electron chi connectivity index (χ4n) is 1.98. The number of hydrogen-bond donors (Lipinski definition) is 3.